The van der Waals surface area contributed by atoms with Crippen molar-refractivity contribution in [2.75, 3.05) is 5.75 Å². The topological polar surface area (TPSA) is 43.1 Å². The number of nitrogens with zero attached hydrogens (tertiary/aromatic N) is 1. The number of hydrogen-bond acceptors (Lipinski definition) is 3. The Hall–Kier alpha value is -0.740. The number of rotatable bonds is 2. The molecule has 74 valence electrons. The fraction of sp³-hybridized carbons (Fsp3) is 0.333. The molecule has 0 N–H and O–H groups in total. The van der Waals surface area contributed by atoms with Crippen LogP contribution in [0.25, 0.3) is 0 Å². The quantitative estimate of drug-likeness (QED) is 0.579. The van der Waals surface area contributed by atoms with Crippen molar-refractivity contribution in [3.8, 4) is 0 Å². The molecule has 2 atom stereocenters. The maximum atomic E-state index is 10.6. The Morgan fingerprint density at radius 2 is 2.21 bits per heavy atom. The van der Waals surface area contributed by atoms with Crippen LogP contribution in [0.2, 0.25) is 5.02 Å². The summed E-state index contributed by atoms with van der Waals surface area (Å²) >= 11 is 7.55. The molecule has 1 heterocycles. The van der Waals surface area contributed by atoms with Gasteiger partial charge in [-0.2, -0.15) is 0 Å². The van der Waals surface area contributed by atoms with Crippen molar-refractivity contribution in [1.29, 1.82) is 0 Å². The maximum Gasteiger partial charge on any atom is 0.237 e. The molecular weight excluding hydrogens is 222 g/mol. The average Bonchev–Trinajstić information content (AvgIpc) is 2.05. The predicted octanol–water partition coefficient (Wildman–Crippen LogP) is 2.77. The fourth-order valence-corrected chi connectivity index (χ4v) is 2.93. The van der Waals surface area contributed by atoms with Gasteiger partial charge in [-0.3, -0.25) is 10.1 Å². The van der Waals surface area contributed by atoms with Gasteiger partial charge in [-0.1, -0.05) is 29.8 Å². The fourth-order valence-electron chi connectivity index (χ4n) is 1.45. The Labute approximate surface area is 90.6 Å². The van der Waals surface area contributed by atoms with Crippen LogP contribution >= 0.6 is 23.4 Å². The minimum Gasteiger partial charge on any atom is -0.264 e. The van der Waals surface area contributed by atoms with Gasteiger partial charge in [-0.05, 0) is 11.6 Å². The predicted molar refractivity (Wildman–Crippen MR) is 57.4 cm³/mol. The van der Waals surface area contributed by atoms with Crippen LogP contribution in [0.4, 0.5) is 0 Å². The van der Waals surface area contributed by atoms with E-state index < -0.39 is 6.04 Å². The van der Waals surface area contributed by atoms with Gasteiger partial charge in [0.25, 0.3) is 0 Å². The van der Waals surface area contributed by atoms with Gasteiger partial charge in [0.2, 0.25) is 6.04 Å². The van der Waals surface area contributed by atoms with Gasteiger partial charge in [-0.15, -0.1) is 11.8 Å². The van der Waals surface area contributed by atoms with Crippen molar-refractivity contribution in [2.24, 2.45) is 0 Å². The molecule has 2 rings (SSSR count). The first-order valence-corrected chi connectivity index (χ1v) is 5.62. The second-order valence-electron chi connectivity index (χ2n) is 3.13. The van der Waals surface area contributed by atoms with E-state index in [0.717, 1.165) is 5.56 Å². The normalized spacial score (nSPS) is 25.5. The first-order chi connectivity index (χ1) is 6.70. The van der Waals surface area contributed by atoms with Gasteiger partial charge in [0.15, 0.2) is 0 Å². The van der Waals surface area contributed by atoms with Crippen molar-refractivity contribution < 1.29 is 4.92 Å². The zero-order chi connectivity index (χ0) is 10.1. The van der Waals surface area contributed by atoms with E-state index in [-0.39, 0.29) is 10.2 Å². The molecule has 0 unspecified atom stereocenters. The van der Waals surface area contributed by atoms with Crippen molar-refractivity contribution in [3.05, 3.63) is 45.0 Å². The molecule has 14 heavy (non-hydrogen) atoms. The van der Waals surface area contributed by atoms with Gasteiger partial charge in [0.1, 0.15) is 0 Å². The highest BCUT2D eigenvalue weighted by molar-refractivity contribution is 8.01. The van der Waals surface area contributed by atoms with Crippen molar-refractivity contribution in [3.63, 3.8) is 0 Å². The lowest BCUT2D eigenvalue weighted by Gasteiger charge is -2.29. The molecule has 0 bridgehead atoms. The third-order valence-corrected chi connectivity index (χ3v) is 4.08. The highest BCUT2D eigenvalue weighted by atomic mass is 35.5. The molecule has 0 spiro atoms. The third-order valence-electron chi connectivity index (χ3n) is 2.28. The number of hydrogen-bond donors (Lipinski definition) is 0. The van der Waals surface area contributed by atoms with Gasteiger partial charge >= 0.3 is 0 Å². The monoisotopic (exact) mass is 229 g/mol. The Kier molecular flexibility index (Phi) is 2.65. The molecule has 1 saturated heterocycles. The van der Waals surface area contributed by atoms with E-state index in [9.17, 15) is 10.1 Å². The summed E-state index contributed by atoms with van der Waals surface area (Å²) in [5, 5.41) is 11.2. The lowest BCUT2D eigenvalue weighted by atomic mass is 10.1. The summed E-state index contributed by atoms with van der Waals surface area (Å²) in [6.45, 7) is 0. The minimum atomic E-state index is -0.472. The average molecular weight is 230 g/mol. The summed E-state index contributed by atoms with van der Waals surface area (Å²) in [6, 6.07) is 6.84. The molecule has 1 aromatic carbocycles. The summed E-state index contributed by atoms with van der Waals surface area (Å²) in [5.74, 6) is 0.586. The molecule has 1 aliphatic rings. The Bertz CT molecular complexity index is 372. The summed E-state index contributed by atoms with van der Waals surface area (Å²) in [4.78, 5) is 10.4. The van der Waals surface area contributed by atoms with Gasteiger partial charge < -0.3 is 0 Å². The second-order valence-corrected chi connectivity index (χ2v) is 4.71. The molecule has 5 heteroatoms. The largest absolute Gasteiger partial charge is 0.264 e. The van der Waals surface area contributed by atoms with E-state index in [1.54, 1.807) is 17.8 Å². The van der Waals surface area contributed by atoms with Crippen LogP contribution in [0.15, 0.2) is 24.3 Å². The van der Waals surface area contributed by atoms with Crippen molar-refractivity contribution >= 4 is 23.4 Å². The molecule has 0 aliphatic carbocycles. The van der Waals surface area contributed by atoms with E-state index in [2.05, 4.69) is 0 Å². The Morgan fingerprint density at radius 1 is 1.50 bits per heavy atom. The maximum absolute atomic E-state index is 10.6. The Morgan fingerprint density at radius 3 is 2.71 bits per heavy atom. The smallest absolute Gasteiger partial charge is 0.237 e. The van der Waals surface area contributed by atoms with Crippen molar-refractivity contribution in [2.45, 2.75) is 11.3 Å². The van der Waals surface area contributed by atoms with Crippen molar-refractivity contribution in [1.82, 2.24) is 0 Å². The van der Waals surface area contributed by atoms with Gasteiger partial charge in [0, 0.05) is 9.95 Å². The zero-order valence-corrected chi connectivity index (χ0v) is 8.79. The van der Waals surface area contributed by atoms with E-state index >= 15 is 0 Å². The molecular formula is C9H8ClNO2S. The first-order valence-electron chi connectivity index (χ1n) is 4.19. The van der Waals surface area contributed by atoms with Gasteiger partial charge in [-0.25, -0.2) is 0 Å². The molecule has 0 amide bonds. The van der Waals surface area contributed by atoms with Crippen LogP contribution in [0, 0.1) is 10.1 Å². The lowest BCUT2D eigenvalue weighted by molar-refractivity contribution is -0.520. The number of halogens is 1. The van der Waals surface area contributed by atoms with Crippen LogP contribution < -0.4 is 0 Å². The lowest BCUT2D eigenvalue weighted by Crippen LogP contribution is -2.36. The minimum absolute atomic E-state index is 0.0706. The molecule has 0 saturated carbocycles. The van der Waals surface area contributed by atoms with Crippen LogP contribution in [0.1, 0.15) is 10.8 Å². The zero-order valence-electron chi connectivity index (χ0n) is 7.22. The van der Waals surface area contributed by atoms with E-state index in [1.807, 2.05) is 18.2 Å². The first kappa shape index (κ1) is 9.80. The molecule has 3 nitrogen and oxygen atoms in total. The molecule has 0 aromatic heterocycles. The van der Waals surface area contributed by atoms with Crippen LogP contribution in [-0.4, -0.2) is 16.7 Å². The molecule has 1 aromatic rings. The number of nitro groups is 1. The van der Waals surface area contributed by atoms with E-state index in [0.29, 0.717) is 10.8 Å². The van der Waals surface area contributed by atoms with Crippen LogP contribution in [0.5, 0.6) is 0 Å². The van der Waals surface area contributed by atoms with Crippen LogP contribution in [-0.2, 0) is 0 Å². The standard InChI is InChI=1S/C9H8ClNO2S/c10-7-4-2-1-3-6(7)9-8(5-14-9)11(12)13/h1-4,8-9H,5H2/t8-,9+/m1/s1. The summed E-state index contributed by atoms with van der Waals surface area (Å²) in [5.41, 5.74) is 0.882. The molecule has 0 radical (unpaired) electrons. The van der Waals surface area contributed by atoms with Gasteiger partial charge in [0.05, 0.1) is 11.0 Å². The summed E-state index contributed by atoms with van der Waals surface area (Å²) in [7, 11) is 0. The molecule has 1 aliphatic heterocycles. The second kappa shape index (κ2) is 3.79. The summed E-state index contributed by atoms with van der Waals surface area (Å²) in [6.07, 6.45) is 0. The number of thioether (sulfide) groups is 1. The highest BCUT2D eigenvalue weighted by Gasteiger charge is 2.43. The third kappa shape index (κ3) is 1.60. The SMILES string of the molecule is O=[N+]([O-])[C@@H]1CS[C@H]1c1ccccc1Cl. The van der Waals surface area contributed by atoms with E-state index in [4.69, 9.17) is 11.6 Å². The number of benzene rings is 1. The highest BCUT2D eigenvalue weighted by Crippen LogP contribution is 2.46. The van der Waals surface area contributed by atoms with Crippen LogP contribution in [0.3, 0.4) is 0 Å². The Balaban J connectivity index is 2.24. The van der Waals surface area contributed by atoms with E-state index in [1.165, 1.54) is 0 Å². The molecule has 1 fully saturated rings. The summed E-state index contributed by atoms with van der Waals surface area (Å²) < 4.78 is 0.